The normalized spacial score (nSPS) is 18.6. The summed E-state index contributed by atoms with van der Waals surface area (Å²) in [6.07, 6.45) is 8.11. The highest BCUT2D eigenvalue weighted by molar-refractivity contribution is 6.29. The third kappa shape index (κ3) is 2.64. The van der Waals surface area contributed by atoms with E-state index in [9.17, 15) is 0 Å². The standard InChI is InChI=1S/C12H18ClN3/c1-2-12(5-3-4-6-12)8-14-11-7-10(13)15-9-16-11/h7,9H,2-6,8H2,1H3,(H,14,15,16). The molecule has 1 saturated carbocycles. The number of rotatable bonds is 4. The third-order valence-electron chi connectivity index (χ3n) is 3.69. The number of nitrogens with zero attached hydrogens (tertiary/aromatic N) is 2. The maximum atomic E-state index is 5.82. The minimum atomic E-state index is 0.470. The van der Waals surface area contributed by atoms with Gasteiger partial charge in [0.05, 0.1) is 0 Å². The minimum absolute atomic E-state index is 0.470. The zero-order valence-corrected chi connectivity index (χ0v) is 10.4. The molecule has 0 radical (unpaired) electrons. The smallest absolute Gasteiger partial charge is 0.134 e. The van der Waals surface area contributed by atoms with E-state index >= 15 is 0 Å². The Hall–Kier alpha value is -0.830. The molecule has 1 aliphatic rings. The molecule has 1 aliphatic carbocycles. The predicted molar refractivity (Wildman–Crippen MR) is 66.7 cm³/mol. The molecular formula is C12H18ClN3. The number of hydrogen-bond acceptors (Lipinski definition) is 3. The zero-order valence-electron chi connectivity index (χ0n) is 9.67. The fraction of sp³-hybridized carbons (Fsp3) is 0.667. The van der Waals surface area contributed by atoms with Crippen LogP contribution in [0.25, 0.3) is 0 Å². The second kappa shape index (κ2) is 5.00. The number of nitrogens with one attached hydrogen (secondary N) is 1. The molecule has 0 saturated heterocycles. The Bertz CT molecular complexity index is 348. The van der Waals surface area contributed by atoms with Crippen LogP contribution in [0.15, 0.2) is 12.4 Å². The van der Waals surface area contributed by atoms with Crippen LogP contribution >= 0.6 is 11.6 Å². The molecule has 1 N–H and O–H groups in total. The molecule has 88 valence electrons. The molecule has 0 amide bonds. The van der Waals surface area contributed by atoms with Gasteiger partial charge in [-0.1, -0.05) is 31.4 Å². The Balaban J connectivity index is 1.95. The first kappa shape index (κ1) is 11.6. The predicted octanol–water partition coefficient (Wildman–Crippen LogP) is 3.51. The summed E-state index contributed by atoms with van der Waals surface area (Å²) in [5, 5.41) is 3.88. The second-order valence-corrected chi connectivity index (χ2v) is 5.03. The van der Waals surface area contributed by atoms with Gasteiger partial charge in [0.1, 0.15) is 17.3 Å². The van der Waals surface area contributed by atoms with Crippen molar-refractivity contribution in [1.29, 1.82) is 0 Å². The summed E-state index contributed by atoms with van der Waals surface area (Å²) in [5.41, 5.74) is 0.470. The van der Waals surface area contributed by atoms with Crippen LogP contribution in [0.1, 0.15) is 39.0 Å². The van der Waals surface area contributed by atoms with Crippen LogP contribution in [0, 0.1) is 5.41 Å². The fourth-order valence-corrected chi connectivity index (χ4v) is 2.64. The van der Waals surface area contributed by atoms with E-state index in [1.165, 1.54) is 38.4 Å². The first-order chi connectivity index (χ1) is 7.74. The summed E-state index contributed by atoms with van der Waals surface area (Å²) in [6.45, 7) is 3.27. The highest BCUT2D eigenvalue weighted by Gasteiger charge is 2.31. The third-order valence-corrected chi connectivity index (χ3v) is 3.90. The first-order valence-electron chi connectivity index (χ1n) is 5.95. The molecule has 1 aromatic rings. The molecule has 16 heavy (non-hydrogen) atoms. The summed E-state index contributed by atoms with van der Waals surface area (Å²) in [4.78, 5) is 8.03. The van der Waals surface area contributed by atoms with Crippen molar-refractivity contribution in [2.24, 2.45) is 5.41 Å². The van der Waals surface area contributed by atoms with Crippen molar-refractivity contribution in [2.45, 2.75) is 39.0 Å². The van der Waals surface area contributed by atoms with Gasteiger partial charge in [-0.15, -0.1) is 0 Å². The monoisotopic (exact) mass is 239 g/mol. The Morgan fingerprint density at radius 2 is 2.12 bits per heavy atom. The van der Waals surface area contributed by atoms with E-state index in [1.807, 2.05) is 0 Å². The van der Waals surface area contributed by atoms with Gasteiger partial charge in [-0.2, -0.15) is 0 Å². The molecule has 1 fully saturated rings. The van der Waals surface area contributed by atoms with Crippen LogP contribution in [-0.4, -0.2) is 16.5 Å². The molecule has 1 heterocycles. The lowest BCUT2D eigenvalue weighted by molar-refractivity contribution is 0.306. The largest absolute Gasteiger partial charge is 0.369 e. The summed E-state index contributed by atoms with van der Waals surface area (Å²) in [5.74, 6) is 0.833. The van der Waals surface area contributed by atoms with Gasteiger partial charge in [-0.3, -0.25) is 0 Å². The number of hydrogen-bond donors (Lipinski definition) is 1. The van der Waals surface area contributed by atoms with Crippen molar-refractivity contribution in [1.82, 2.24) is 9.97 Å². The maximum absolute atomic E-state index is 5.82. The summed E-state index contributed by atoms with van der Waals surface area (Å²) in [6, 6.07) is 1.78. The number of aromatic nitrogens is 2. The van der Waals surface area contributed by atoms with Crippen LogP contribution in [-0.2, 0) is 0 Å². The molecule has 0 aromatic carbocycles. The van der Waals surface area contributed by atoms with Crippen molar-refractivity contribution < 1.29 is 0 Å². The summed E-state index contributed by atoms with van der Waals surface area (Å²) >= 11 is 5.82. The van der Waals surface area contributed by atoms with E-state index in [2.05, 4.69) is 22.2 Å². The van der Waals surface area contributed by atoms with Crippen molar-refractivity contribution >= 4 is 17.4 Å². The molecule has 0 aliphatic heterocycles. The van der Waals surface area contributed by atoms with Crippen molar-refractivity contribution in [3.05, 3.63) is 17.5 Å². The maximum Gasteiger partial charge on any atom is 0.134 e. The van der Waals surface area contributed by atoms with Crippen LogP contribution in [0.5, 0.6) is 0 Å². The van der Waals surface area contributed by atoms with Crippen molar-refractivity contribution in [3.8, 4) is 0 Å². The van der Waals surface area contributed by atoms with Gasteiger partial charge >= 0.3 is 0 Å². The average molecular weight is 240 g/mol. The van der Waals surface area contributed by atoms with Gasteiger partial charge in [0, 0.05) is 12.6 Å². The Labute approximate surface area is 102 Å². The van der Waals surface area contributed by atoms with Gasteiger partial charge in [0.2, 0.25) is 0 Å². The summed E-state index contributed by atoms with van der Waals surface area (Å²) in [7, 11) is 0. The van der Waals surface area contributed by atoms with E-state index in [0.717, 1.165) is 12.4 Å². The Morgan fingerprint density at radius 1 is 1.38 bits per heavy atom. The van der Waals surface area contributed by atoms with Gasteiger partial charge < -0.3 is 5.32 Å². The van der Waals surface area contributed by atoms with Gasteiger partial charge in [0.25, 0.3) is 0 Å². The van der Waals surface area contributed by atoms with Crippen LogP contribution < -0.4 is 5.32 Å². The Morgan fingerprint density at radius 3 is 2.75 bits per heavy atom. The van der Waals surface area contributed by atoms with E-state index < -0.39 is 0 Å². The highest BCUT2D eigenvalue weighted by Crippen LogP contribution is 2.40. The second-order valence-electron chi connectivity index (χ2n) is 4.64. The zero-order chi connectivity index (χ0) is 11.4. The van der Waals surface area contributed by atoms with Crippen molar-refractivity contribution in [3.63, 3.8) is 0 Å². The molecule has 0 spiro atoms. The average Bonchev–Trinajstić information content (AvgIpc) is 2.76. The summed E-state index contributed by atoms with van der Waals surface area (Å²) < 4.78 is 0. The van der Waals surface area contributed by atoms with E-state index in [1.54, 1.807) is 6.07 Å². The van der Waals surface area contributed by atoms with Crippen molar-refractivity contribution in [2.75, 3.05) is 11.9 Å². The molecular weight excluding hydrogens is 222 g/mol. The van der Waals surface area contributed by atoms with Crippen LogP contribution in [0.2, 0.25) is 5.15 Å². The van der Waals surface area contributed by atoms with Crippen LogP contribution in [0.3, 0.4) is 0 Å². The SMILES string of the molecule is CCC1(CNc2cc(Cl)ncn2)CCCC1. The minimum Gasteiger partial charge on any atom is -0.369 e. The van der Waals surface area contributed by atoms with Gasteiger partial charge in [-0.05, 0) is 24.7 Å². The van der Waals surface area contributed by atoms with Crippen LogP contribution in [0.4, 0.5) is 5.82 Å². The molecule has 2 rings (SSSR count). The lowest BCUT2D eigenvalue weighted by atomic mass is 9.83. The van der Waals surface area contributed by atoms with E-state index in [-0.39, 0.29) is 0 Å². The number of halogens is 1. The molecule has 3 nitrogen and oxygen atoms in total. The molecule has 4 heteroatoms. The van der Waals surface area contributed by atoms with Gasteiger partial charge in [0.15, 0.2) is 0 Å². The highest BCUT2D eigenvalue weighted by atomic mass is 35.5. The first-order valence-corrected chi connectivity index (χ1v) is 6.33. The molecule has 0 unspecified atom stereocenters. The molecule has 0 atom stereocenters. The number of anilines is 1. The van der Waals surface area contributed by atoms with Gasteiger partial charge in [-0.25, -0.2) is 9.97 Å². The Kier molecular flexibility index (Phi) is 3.64. The topological polar surface area (TPSA) is 37.8 Å². The van der Waals surface area contributed by atoms with E-state index in [0.29, 0.717) is 10.6 Å². The lowest BCUT2D eigenvalue weighted by Gasteiger charge is -2.27. The molecule has 0 bridgehead atoms. The molecule has 1 aromatic heterocycles. The quantitative estimate of drug-likeness (QED) is 0.817. The fourth-order valence-electron chi connectivity index (χ4n) is 2.49. The lowest BCUT2D eigenvalue weighted by Crippen LogP contribution is -2.26. The van der Waals surface area contributed by atoms with E-state index in [4.69, 9.17) is 11.6 Å².